The van der Waals surface area contributed by atoms with Crippen molar-refractivity contribution in [1.82, 2.24) is 4.98 Å². The van der Waals surface area contributed by atoms with Gasteiger partial charge in [0, 0.05) is 0 Å². The van der Waals surface area contributed by atoms with Crippen molar-refractivity contribution in [3.05, 3.63) is 29.6 Å². The standard InChI is InChI=1S/C8H7NOS/c1-6-8(10-5-9-6)7-3-2-4-11-7/h2-5H,1H3. The van der Waals surface area contributed by atoms with E-state index in [-0.39, 0.29) is 0 Å². The first-order chi connectivity index (χ1) is 5.38. The Bertz CT molecular complexity index is 337. The van der Waals surface area contributed by atoms with Gasteiger partial charge in [-0.05, 0) is 18.4 Å². The van der Waals surface area contributed by atoms with Gasteiger partial charge in [0.1, 0.15) is 0 Å². The lowest BCUT2D eigenvalue weighted by atomic mass is 10.3. The summed E-state index contributed by atoms with van der Waals surface area (Å²) in [6, 6.07) is 4.03. The molecule has 2 aromatic rings. The lowest BCUT2D eigenvalue weighted by Gasteiger charge is -1.88. The zero-order chi connectivity index (χ0) is 7.68. The van der Waals surface area contributed by atoms with Crippen LogP contribution in [0.1, 0.15) is 5.69 Å². The molecule has 0 saturated carbocycles. The van der Waals surface area contributed by atoms with Gasteiger partial charge in [0.2, 0.25) is 0 Å². The molecular formula is C8H7NOS. The highest BCUT2D eigenvalue weighted by molar-refractivity contribution is 7.13. The largest absolute Gasteiger partial charge is 0.442 e. The molecule has 11 heavy (non-hydrogen) atoms. The minimum atomic E-state index is 0.889. The van der Waals surface area contributed by atoms with Crippen LogP contribution in [0.4, 0.5) is 0 Å². The molecule has 0 radical (unpaired) electrons. The maximum absolute atomic E-state index is 5.21. The average Bonchev–Trinajstić information content (AvgIpc) is 2.55. The molecule has 2 rings (SSSR count). The highest BCUT2D eigenvalue weighted by Crippen LogP contribution is 2.26. The van der Waals surface area contributed by atoms with E-state index in [9.17, 15) is 0 Å². The van der Waals surface area contributed by atoms with Crippen LogP contribution in [0.15, 0.2) is 28.3 Å². The van der Waals surface area contributed by atoms with E-state index in [1.165, 1.54) is 6.39 Å². The third-order valence-electron chi connectivity index (χ3n) is 1.49. The van der Waals surface area contributed by atoms with E-state index >= 15 is 0 Å². The number of aryl methyl sites for hydroxylation is 1. The predicted molar refractivity (Wildman–Crippen MR) is 44.6 cm³/mol. The molecule has 0 atom stereocenters. The Morgan fingerprint density at radius 2 is 2.45 bits per heavy atom. The van der Waals surface area contributed by atoms with E-state index in [2.05, 4.69) is 4.98 Å². The third kappa shape index (κ3) is 1.07. The fourth-order valence-electron chi connectivity index (χ4n) is 0.946. The molecule has 0 saturated heterocycles. The molecule has 56 valence electrons. The van der Waals surface area contributed by atoms with E-state index in [0.717, 1.165) is 16.3 Å². The van der Waals surface area contributed by atoms with Crippen LogP contribution < -0.4 is 0 Å². The Hall–Kier alpha value is -1.09. The molecule has 2 nitrogen and oxygen atoms in total. The third-order valence-corrected chi connectivity index (χ3v) is 2.36. The zero-order valence-corrected chi connectivity index (χ0v) is 6.89. The molecule has 0 aliphatic carbocycles. The Morgan fingerprint density at radius 3 is 3.00 bits per heavy atom. The predicted octanol–water partition coefficient (Wildman–Crippen LogP) is 2.71. The van der Waals surface area contributed by atoms with E-state index in [4.69, 9.17) is 4.42 Å². The molecule has 0 amide bonds. The van der Waals surface area contributed by atoms with Gasteiger partial charge >= 0.3 is 0 Å². The molecule has 2 heterocycles. The molecule has 2 aromatic heterocycles. The second kappa shape index (κ2) is 2.51. The van der Waals surface area contributed by atoms with Crippen LogP contribution in [0.5, 0.6) is 0 Å². The van der Waals surface area contributed by atoms with Crippen LogP contribution in [0.25, 0.3) is 10.6 Å². The maximum Gasteiger partial charge on any atom is 0.181 e. The molecule has 0 spiro atoms. The van der Waals surface area contributed by atoms with Crippen molar-refractivity contribution in [2.24, 2.45) is 0 Å². The molecule has 0 aliphatic rings. The van der Waals surface area contributed by atoms with Crippen molar-refractivity contribution in [2.75, 3.05) is 0 Å². The molecule has 0 aromatic carbocycles. The fraction of sp³-hybridized carbons (Fsp3) is 0.125. The van der Waals surface area contributed by atoms with Crippen LogP contribution in [0.2, 0.25) is 0 Å². The Labute approximate surface area is 68.5 Å². The molecular weight excluding hydrogens is 158 g/mol. The summed E-state index contributed by atoms with van der Waals surface area (Å²) in [4.78, 5) is 5.15. The van der Waals surface area contributed by atoms with Gasteiger partial charge < -0.3 is 4.42 Å². The number of hydrogen-bond donors (Lipinski definition) is 0. The van der Waals surface area contributed by atoms with Crippen molar-refractivity contribution >= 4 is 11.3 Å². The quantitative estimate of drug-likeness (QED) is 0.649. The first kappa shape index (κ1) is 6.61. The Kier molecular flexibility index (Phi) is 1.51. The summed E-state index contributed by atoms with van der Waals surface area (Å²) in [6.45, 7) is 1.94. The molecule has 3 heteroatoms. The summed E-state index contributed by atoms with van der Waals surface area (Å²) in [5.74, 6) is 0.889. The minimum Gasteiger partial charge on any atom is -0.442 e. The van der Waals surface area contributed by atoms with Gasteiger partial charge in [-0.2, -0.15) is 0 Å². The van der Waals surface area contributed by atoms with Crippen molar-refractivity contribution < 1.29 is 4.42 Å². The second-order valence-electron chi connectivity index (χ2n) is 2.24. The summed E-state index contributed by atoms with van der Waals surface area (Å²) in [5, 5.41) is 2.03. The van der Waals surface area contributed by atoms with Crippen molar-refractivity contribution in [1.29, 1.82) is 0 Å². The van der Waals surface area contributed by atoms with Crippen LogP contribution in [0, 0.1) is 6.92 Å². The highest BCUT2D eigenvalue weighted by atomic mass is 32.1. The smallest absolute Gasteiger partial charge is 0.181 e. The first-order valence-corrected chi connectivity index (χ1v) is 4.20. The fourth-order valence-corrected chi connectivity index (χ4v) is 1.71. The number of hydrogen-bond acceptors (Lipinski definition) is 3. The molecule has 0 aliphatic heterocycles. The van der Waals surface area contributed by atoms with Crippen molar-refractivity contribution in [2.45, 2.75) is 6.92 Å². The molecule has 0 bridgehead atoms. The molecule has 0 N–H and O–H groups in total. The summed E-state index contributed by atoms with van der Waals surface area (Å²) in [5.41, 5.74) is 0.951. The van der Waals surface area contributed by atoms with Crippen LogP contribution >= 0.6 is 11.3 Å². The minimum absolute atomic E-state index is 0.889. The van der Waals surface area contributed by atoms with Crippen LogP contribution in [-0.2, 0) is 0 Å². The Morgan fingerprint density at radius 1 is 1.55 bits per heavy atom. The number of aromatic nitrogens is 1. The summed E-state index contributed by atoms with van der Waals surface area (Å²) >= 11 is 1.66. The number of rotatable bonds is 1. The Balaban J connectivity index is 2.53. The lowest BCUT2D eigenvalue weighted by molar-refractivity contribution is 0.572. The van der Waals surface area contributed by atoms with Crippen LogP contribution in [-0.4, -0.2) is 4.98 Å². The van der Waals surface area contributed by atoms with Gasteiger partial charge in [-0.15, -0.1) is 11.3 Å². The van der Waals surface area contributed by atoms with Gasteiger partial charge in [0.15, 0.2) is 12.2 Å². The van der Waals surface area contributed by atoms with Gasteiger partial charge in [-0.25, -0.2) is 4.98 Å². The van der Waals surface area contributed by atoms with E-state index in [1.807, 2.05) is 24.4 Å². The second-order valence-corrected chi connectivity index (χ2v) is 3.19. The monoisotopic (exact) mass is 165 g/mol. The summed E-state index contributed by atoms with van der Waals surface area (Å²) in [7, 11) is 0. The van der Waals surface area contributed by atoms with E-state index in [0.29, 0.717) is 0 Å². The van der Waals surface area contributed by atoms with Gasteiger partial charge in [0.05, 0.1) is 10.6 Å². The number of nitrogens with zero attached hydrogens (tertiary/aromatic N) is 1. The van der Waals surface area contributed by atoms with Crippen LogP contribution in [0.3, 0.4) is 0 Å². The molecule has 0 unspecified atom stereocenters. The first-order valence-electron chi connectivity index (χ1n) is 3.32. The number of oxazole rings is 1. The van der Waals surface area contributed by atoms with Crippen molar-refractivity contribution in [3.63, 3.8) is 0 Å². The van der Waals surface area contributed by atoms with E-state index in [1.54, 1.807) is 11.3 Å². The number of thiophene rings is 1. The average molecular weight is 165 g/mol. The van der Waals surface area contributed by atoms with E-state index < -0.39 is 0 Å². The zero-order valence-electron chi connectivity index (χ0n) is 6.07. The van der Waals surface area contributed by atoms with Gasteiger partial charge in [0.25, 0.3) is 0 Å². The summed E-state index contributed by atoms with van der Waals surface area (Å²) < 4.78 is 5.21. The SMILES string of the molecule is Cc1ncoc1-c1cccs1. The topological polar surface area (TPSA) is 26.0 Å². The lowest BCUT2D eigenvalue weighted by Crippen LogP contribution is -1.71. The maximum atomic E-state index is 5.21. The van der Waals surface area contributed by atoms with Crippen molar-refractivity contribution in [3.8, 4) is 10.6 Å². The van der Waals surface area contributed by atoms with Gasteiger partial charge in [-0.1, -0.05) is 6.07 Å². The molecule has 0 fully saturated rings. The highest BCUT2D eigenvalue weighted by Gasteiger charge is 2.05. The summed E-state index contributed by atoms with van der Waals surface area (Å²) in [6.07, 6.45) is 1.48. The normalized spacial score (nSPS) is 10.3. The van der Waals surface area contributed by atoms with Gasteiger partial charge in [-0.3, -0.25) is 0 Å².